The topological polar surface area (TPSA) is 72.5 Å². The van der Waals surface area contributed by atoms with Crippen LogP contribution >= 0.6 is 0 Å². The summed E-state index contributed by atoms with van der Waals surface area (Å²) in [7, 11) is 1.62. The van der Waals surface area contributed by atoms with E-state index in [2.05, 4.69) is 6.07 Å². The SMILES string of the molecule is COc1ccc2c(c1CC(N)C(=O)O)CCCCC2. The van der Waals surface area contributed by atoms with E-state index in [0.29, 0.717) is 6.42 Å². The van der Waals surface area contributed by atoms with Crippen LogP contribution in [0.25, 0.3) is 0 Å². The van der Waals surface area contributed by atoms with Crippen molar-refractivity contribution in [2.45, 2.75) is 44.6 Å². The molecule has 0 bridgehead atoms. The van der Waals surface area contributed by atoms with E-state index in [9.17, 15) is 4.79 Å². The number of carboxylic acids is 1. The summed E-state index contributed by atoms with van der Waals surface area (Å²) in [6.07, 6.45) is 5.96. The van der Waals surface area contributed by atoms with Gasteiger partial charge in [0.05, 0.1) is 7.11 Å². The minimum atomic E-state index is -0.965. The number of carboxylic acid groups (broad SMARTS) is 1. The number of methoxy groups -OCH3 is 1. The Balaban J connectivity index is 2.40. The molecule has 3 N–H and O–H groups in total. The summed E-state index contributed by atoms with van der Waals surface area (Å²) >= 11 is 0. The summed E-state index contributed by atoms with van der Waals surface area (Å²) < 4.78 is 5.38. The van der Waals surface area contributed by atoms with Gasteiger partial charge in [0.15, 0.2) is 0 Å². The van der Waals surface area contributed by atoms with Gasteiger partial charge in [-0.25, -0.2) is 0 Å². The summed E-state index contributed by atoms with van der Waals surface area (Å²) in [6, 6.07) is 3.17. The normalized spacial score (nSPS) is 16.3. The van der Waals surface area contributed by atoms with E-state index in [4.69, 9.17) is 15.6 Å². The van der Waals surface area contributed by atoms with E-state index < -0.39 is 12.0 Å². The molecular formula is C15H21NO3. The first-order chi connectivity index (χ1) is 9.13. The Kier molecular flexibility index (Phi) is 4.43. The van der Waals surface area contributed by atoms with Gasteiger partial charge in [-0.2, -0.15) is 0 Å². The third-order valence-electron chi connectivity index (χ3n) is 3.82. The molecule has 0 spiro atoms. The zero-order chi connectivity index (χ0) is 13.8. The molecule has 0 saturated heterocycles. The Labute approximate surface area is 113 Å². The molecule has 0 aliphatic heterocycles. The highest BCUT2D eigenvalue weighted by Crippen LogP contribution is 2.31. The van der Waals surface area contributed by atoms with Crippen molar-refractivity contribution in [3.05, 3.63) is 28.8 Å². The van der Waals surface area contributed by atoms with Crippen LogP contribution in [-0.2, 0) is 24.1 Å². The number of carbonyl (C=O) groups is 1. The molecule has 2 rings (SSSR count). The highest BCUT2D eigenvalue weighted by Gasteiger charge is 2.21. The monoisotopic (exact) mass is 263 g/mol. The van der Waals surface area contributed by atoms with E-state index in [-0.39, 0.29) is 0 Å². The maximum atomic E-state index is 11.0. The number of ether oxygens (including phenoxy) is 1. The molecule has 0 radical (unpaired) electrons. The van der Waals surface area contributed by atoms with Crippen LogP contribution < -0.4 is 10.5 Å². The third kappa shape index (κ3) is 3.07. The maximum Gasteiger partial charge on any atom is 0.320 e. The average molecular weight is 263 g/mol. The molecule has 19 heavy (non-hydrogen) atoms. The lowest BCUT2D eigenvalue weighted by Crippen LogP contribution is -2.32. The second-order valence-electron chi connectivity index (χ2n) is 5.09. The van der Waals surface area contributed by atoms with Crippen molar-refractivity contribution in [3.63, 3.8) is 0 Å². The van der Waals surface area contributed by atoms with Crippen molar-refractivity contribution >= 4 is 5.97 Å². The van der Waals surface area contributed by atoms with Crippen LogP contribution in [0, 0.1) is 0 Å². The predicted octanol–water partition coefficient (Wildman–Crippen LogP) is 1.92. The first-order valence-corrected chi connectivity index (χ1v) is 6.79. The van der Waals surface area contributed by atoms with Crippen molar-refractivity contribution in [3.8, 4) is 5.75 Å². The van der Waals surface area contributed by atoms with Crippen LogP contribution in [0.5, 0.6) is 5.75 Å². The molecule has 1 aromatic rings. The summed E-state index contributed by atoms with van der Waals surface area (Å²) in [5.74, 6) is -0.203. The van der Waals surface area contributed by atoms with Gasteiger partial charge >= 0.3 is 5.97 Å². The molecule has 0 amide bonds. The first kappa shape index (κ1) is 13.9. The van der Waals surface area contributed by atoms with Gasteiger partial charge in [0, 0.05) is 6.42 Å². The zero-order valence-corrected chi connectivity index (χ0v) is 11.3. The Morgan fingerprint density at radius 2 is 2.11 bits per heavy atom. The van der Waals surface area contributed by atoms with Gasteiger partial charge in [0.25, 0.3) is 0 Å². The second-order valence-corrected chi connectivity index (χ2v) is 5.09. The molecule has 1 aliphatic rings. The fraction of sp³-hybridized carbons (Fsp3) is 0.533. The highest BCUT2D eigenvalue weighted by molar-refractivity contribution is 5.74. The van der Waals surface area contributed by atoms with E-state index in [0.717, 1.165) is 30.6 Å². The number of hydrogen-bond donors (Lipinski definition) is 2. The molecule has 1 unspecified atom stereocenters. The highest BCUT2D eigenvalue weighted by atomic mass is 16.5. The van der Waals surface area contributed by atoms with Crippen LogP contribution in [0.4, 0.5) is 0 Å². The van der Waals surface area contributed by atoms with Crippen LogP contribution in [-0.4, -0.2) is 24.2 Å². The Morgan fingerprint density at radius 1 is 1.37 bits per heavy atom. The molecule has 104 valence electrons. The van der Waals surface area contributed by atoms with Crippen molar-refractivity contribution in [1.82, 2.24) is 0 Å². The molecule has 1 atom stereocenters. The second kappa shape index (κ2) is 6.06. The maximum absolute atomic E-state index is 11.0. The number of hydrogen-bond acceptors (Lipinski definition) is 3. The van der Waals surface area contributed by atoms with Crippen LogP contribution in [0.1, 0.15) is 36.0 Å². The van der Waals surface area contributed by atoms with E-state index >= 15 is 0 Å². The van der Waals surface area contributed by atoms with Crippen LogP contribution in [0.15, 0.2) is 12.1 Å². The van der Waals surface area contributed by atoms with Gasteiger partial charge in [-0.15, -0.1) is 0 Å². The van der Waals surface area contributed by atoms with E-state index in [1.807, 2.05) is 6.07 Å². The van der Waals surface area contributed by atoms with Gasteiger partial charge in [-0.3, -0.25) is 4.79 Å². The predicted molar refractivity (Wildman–Crippen MR) is 73.6 cm³/mol. The van der Waals surface area contributed by atoms with Gasteiger partial charge in [0.2, 0.25) is 0 Å². The molecule has 1 aliphatic carbocycles. The summed E-state index contributed by atoms with van der Waals surface area (Å²) in [5.41, 5.74) is 9.26. The van der Waals surface area contributed by atoms with E-state index in [1.165, 1.54) is 24.0 Å². The number of aliphatic carboxylic acids is 1. The van der Waals surface area contributed by atoms with Gasteiger partial charge < -0.3 is 15.6 Å². The molecule has 4 heteroatoms. The first-order valence-electron chi connectivity index (χ1n) is 6.79. The standard InChI is InChI=1S/C15H21NO3/c1-19-14-8-7-10-5-3-2-4-6-11(10)12(14)9-13(16)15(17)18/h7-8,13H,2-6,9,16H2,1H3,(H,17,18). The molecule has 0 heterocycles. The quantitative estimate of drug-likeness (QED) is 0.814. The minimum Gasteiger partial charge on any atom is -0.496 e. The van der Waals surface area contributed by atoms with Crippen molar-refractivity contribution < 1.29 is 14.6 Å². The summed E-state index contributed by atoms with van der Waals surface area (Å²) in [5, 5.41) is 9.00. The van der Waals surface area contributed by atoms with Gasteiger partial charge in [-0.05, 0) is 48.4 Å². The van der Waals surface area contributed by atoms with Crippen molar-refractivity contribution in [2.75, 3.05) is 7.11 Å². The Morgan fingerprint density at radius 3 is 2.79 bits per heavy atom. The number of rotatable bonds is 4. The molecule has 0 aromatic heterocycles. The minimum absolute atomic E-state index is 0.335. The summed E-state index contributed by atoms with van der Waals surface area (Å²) in [4.78, 5) is 11.0. The number of nitrogens with two attached hydrogens (primary N) is 1. The molecule has 1 aromatic carbocycles. The van der Waals surface area contributed by atoms with Gasteiger partial charge in [-0.1, -0.05) is 12.5 Å². The fourth-order valence-electron chi connectivity index (χ4n) is 2.78. The molecular weight excluding hydrogens is 242 g/mol. The Hall–Kier alpha value is -1.55. The third-order valence-corrected chi connectivity index (χ3v) is 3.82. The lowest BCUT2D eigenvalue weighted by molar-refractivity contribution is -0.138. The molecule has 0 fully saturated rings. The Bertz CT molecular complexity index is 471. The number of aryl methyl sites for hydroxylation is 1. The zero-order valence-electron chi connectivity index (χ0n) is 11.3. The molecule has 4 nitrogen and oxygen atoms in total. The largest absolute Gasteiger partial charge is 0.496 e. The smallest absolute Gasteiger partial charge is 0.320 e. The van der Waals surface area contributed by atoms with Crippen molar-refractivity contribution in [1.29, 1.82) is 0 Å². The fourth-order valence-corrected chi connectivity index (χ4v) is 2.78. The lowest BCUT2D eigenvalue weighted by atomic mass is 9.92. The van der Waals surface area contributed by atoms with Crippen LogP contribution in [0.2, 0.25) is 0 Å². The lowest BCUT2D eigenvalue weighted by Gasteiger charge is -2.18. The number of fused-ring (bicyclic) bond motifs is 1. The molecule has 0 saturated carbocycles. The van der Waals surface area contributed by atoms with E-state index in [1.54, 1.807) is 7.11 Å². The van der Waals surface area contributed by atoms with Gasteiger partial charge in [0.1, 0.15) is 11.8 Å². The number of benzene rings is 1. The average Bonchev–Trinajstić information content (AvgIpc) is 2.64. The van der Waals surface area contributed by atoms with Crippen LogP contribution in [0.3, 0.4) is 0 Å². The van der Waals surface area contributed by atoms with Crippen molar-refractivity contribution in [2.24, 2.45) is 5.73 Å². The summed E-state index contributed by atoms with van der Waals surface area (Å²) in [6.45, 7) is 0.